The maximum absolute atomic E-state index is 12.5. The summed E-state index contributed by atoms with van der Waals surface area (Å²) in [6.07, 6.45) is 0.908. The molecule has 1 aliphatic heterocycles. The molecule has 112 valence electrons. The Kier molecular flexibility index (Phi) is 5.57. The number of hydrogen-bond donors (Lipinski definition) is 1. The predicted octanol–water partition coefficient (Wildman–Crippen LogP) is 2.30. The maximum atomic E-state index is 12.5. The molecule has 1 aromatic heterocycles. The summed E-state index contributed by atoms with van der Waals surface area (Å²) in [6, 6.07) is 4.13. The van der Waals surface area contributed by atoms with Gasteiger partial charge in [0.25, 0.3) is 0 Å². The van der Waals surface area contributed by atoms with Crippen LogP contribution >= 0.6 is 11.3 Å². The zero-order chi connectivity index (χ0) is 14.5. The van der Waals surface area contributed by atoms with Gasteiger partial charge < -0.3 is 9.80 Å². The molecular formula is C15H25N3OS. The average molecular weight is 295 g/mol. The summed E-state index contributed by atoms with van der Waals surface area (Å²) in [6.45, 7) is 10.2. The third kappa shape index (κ3) is 3.22. The number of nitrogens with one attached hydrogen (secondary N) is 1. The van der Waals surface area contributed by atoms with Crippen LogP contribution in [0.1, 0.15) is 38.2 Å². The Morgan fingerprint density at radius 3 is 2.65 bits per heavy atom. The average Bonchev–Trinajstić information content (AvgIpc) is 3.08. The number of likely N-dealkylation sites (N-methyl/N-ethyl adjacent to an activating group) is 1. The Hall–Kier alpha value is -0.910. The lowest BCUT2D eigenvalue weighted by Gasteiger charge is -2.27. The van der Waals surface area contributed by atoms with Crippen molar-refractivity contribution in [3.63, 3.8) is 0 Å². The molecule has 0 radical (unpaired) electrons. The van der Waals surface area contributed by atoms with Crippen LogP contribution in [0.25, 0.3) is 0 Å². The first-order valence-electron chi connectivity index (χ1n) is 7.53. The molecule has 4 nitrogen and oxygen atoms in total. The Morgan fingerprint density at radius 1 is 1.35 bits per heavy atom. The van der Waals surface area contributed by atoms with Crippen LogP contribution in [-0.2, 0) is 4.79 Å². The van der Waals surface area contributed by atoms with Gasteiger partial charge >= 0.3 is 0 Å². The molecule has 1 fully saturated rings. The van der Waals surface area contributed by atoms with E-state index < -0.39 is 0 Å². The summed E-state index contributed by atoms with van der Waals surface area (Å²) in [7, 11) is 0. The van der Waals surface area contributed by atoms with E-state index in [1.165, 1.54) is 4.88 Å². The Bertz CT molecular complexity index is 417. The van der Waals surface area contributed by atoms with E-state index >= 15 is 0 Å². The fourth-order valence-electron chi connectivity index (χ4n) is 2.68. The number of carbonyl (C=O) groups is 1. The molecule has 20 heavy (non-hydrogen) atoms. The fourth-order valence-corrected chi connectivity index (χ4v) is 3.48. The van der Waals surface area contributed by atoms with Crippen molar-refractivity contribution in [2.24, 2.45) is 0 Å². The molecule has 2 heterocycles. The van der Waals surface area contributed by atoms with Crippen LogP contribution in [0.2, 0.25) is 0 Å². The van der Waals surface area contributed by atoms with Gasteiger partial charge in [-0.3, -0.25) is 10.1 Å². The van der Waals surface area contributed by atoms with E-state index in [9.17, 15) is 4.79 Å². The summed E-state index contributed by atoms with van der Waals surface area (Å²) < 4.78 is 0. The molecule has 2 atom stereocenters. The van der Waals surface area contributed by atoms with Gasteiger partial charge in [0.1, 0.15) is 6.17 Å². The smallest absolute Gasteiger partial charge is 0.241 e. The van der Waals surface area contributed by atoms with Crippen molar-refractivity contribution >= 4 is 17.2 Å². The summed E-state index contributed by atoms with van der Waals surface area (Å²) in [5, 5.41) is 5.54. The van der Waals surface area contributed by atoms with Crippen molar-refractivity contribution in [1.29, 1.82) is 0 Å². The molecule has 1 saturated heterocycles. The van der Waals surface area contributed by atoms with Crippen LogP contribution in [0.5, 0.6) is 0 Å². The normalized spacial score (nSPS) is 23.0. The van der Waals surface area contributed by atoms with Gasteiger partial charge in [-0.1, -0.05) is 26.8 Å². The molecule has 0 aromatic carbocycles. The van der Waals surface area contributed by atoms with Gasteiger partial charge in [-0.25, -0.2) is 0 Å². The first kappa shape index (κ1) is 15.5. The molecule has 2 rings (SSSR count). The molecule has 1 amide bonds. The lowest BCUT2D eigenvalue weighted by atomic mass is 10.2. The van der Waals surface area contributed by atoms with E-state index in [1.807, 2.05) is 11.0 Å². The molecular weight excluding hydrogens is 270 g/mol. The highest BCUT2D eigenvalue weighted by Gasteiger charge is 2.38. The molecule has 1 aromatic rings. The third-order valence-electron chi connectivity index (χ3n) is 4.02. The van der Waals surface area contributed by atoms with Gasteiger partial charge in [0.2, 0.25) is 5.91 Å². The lowest BCUT2D eigenvalue weighted by molar-refractivity contribution is -0.130. The minimum atomic E-state index is -0.0289. The van der Waals surface area contributed by atoms with E-state index in [1.54, 1.807) is 11.3 Å². The summed E-state index contributed by atoms with van der Waals surface area (Å²) in [4.78, 5) is 18.1. The van der Waals surface area contributed by atoms with Crippen molar-refractivity contribution in [3.8, 4) is 0 Å². The van der Waals surface area contributed by atoms with E-state index in [2.05, 4.69) is 42.4 Å². The number of amides is 1. The summed E-state index contributed by atoms with van der Waals surface area (Å²) >= 11 is 1.71. The van der Waals surface area contributed by atoms with Gasteiger partial charge in [0.05, 0.1) is 6.04 Å². The van der Waals surface area contributed by atoms with Gasteiger partial charge in [-0.05, 0) is 31.0 Å². The van der Waals surface area contributed by atoms with Crippen molar-refractivity contribution in [1.82, 2.24) is 15.1 Å². The van der Waals surface area contributed by atoms with Crippen molar-refractivity contribution < 1.29 is 4.79 Å². The first-order valence-corrected chi connectivity index (χ1v) is 8.41. The second-order valence-electron chi connectivity index (χ2n) is 5.10. The van der Waals surface area contributed by atoms with E-state index in [-0.39, 0.29) is 18.1 Å². The van der Waals surface area contributed by atoms with Gasteiger partial charge in [-0.2, -0.15) is 0 Å². The minimum Gasteiger partial charge on any atom is -0.319 e. The second kappa shape index (κ2) is 7.20. The quantitative estimate of drug-likeness (QED) is 0.838. The van der Waals surface area contributed by atoms with Gasteiger partial charge in [0, 0.05) is 18.0 Å². The summed E-state index contributed by atoms with van der Waals surface area (Å²) in [5.41, 5.74) is 0. The van der Waals surface area contributed by atoms with Crippen LogP contribution in [0, 0.1) is 0 Å². The Balaban J connectivity index is 2.07. The van der Waals surface area contributed by atoms with Crippen molar-refractivity contribution in [3.05, 3.63) is 22.4 Å². The van der Waals surface area contributed by atoms with Crippen molar-refractivity contribution in [2.45, 2.75) is 39.4 Å². The largest absolute Gasteiger partial charge is 0.319 e. The molecule has 2 unspecified atom stereocenters. The molecule has 5 heteroatoms. The monoisotopic (exact) mass is 295 g/mol. The topological polar surface area (TPSA) is 35.6 Å². The third-order valence-corrected chi connectivity index (χ3v) is 4.95. The highest BCUT2D eigenvalue weighted by atomic mass is 32.1. The van der Waals surface area contributed by atoms with Crippen LogP contribution in [-0.4, -0.2) is 47.9 Å². The van der Waals surface area contributed by atoms with Gasteiger partial charge in [0.15, 0.2) is 0 Å². The Morgan fingerprint density at radius 2 is 2.10 bits per heavy atom. The zero-order valence-electron chi connectivity index (χ0n) is 12.6. The van der Waals surface area contributed by atoms with Crippen LogP contribution in [0.15, 0.2) is 17.5 Å². The number of hydrogen-bond acceptors (Lipinski definition) is 4. The number of rotatable bonds is 7. The van der Waals surface area contributed by atoms with Gasteiger partial charge in [-0.15, -0.1) is 11.3 Å². The first-order chi connectivity index (χ1) is 9.71. The van der Waals surface area contributed by atoms with Crippen LogP contribution in [0.3, 0.4) is 0 Å². The molecule has 0 aliphatic carbocycles. The van der Waals surface area contributed by atoms with Crippen LogP contribution in [0.4, 0.5) is 0 Å². The number of carbonyl (C=O) groups excluding carboxylic acids is 1. The second-order valence-corrected chi connectivity index (χ2v) is 6.08. The van der Waals surface area contributed by atoms with E-state index in [0.29, 0.717) is 0 Å². The zero-order valence-corrected chi connectivity index (χ0v) is 13.4. The minimum absolute atomic E-state index is 0.0289. The Labute approximate surface area is 125 Å². The number of nitrogens with zero attached hydrogens (tertiary/aromatic N) is 2. The highest BCUT2D eigenvalue weighted by Crippen LogP contribution is 2.29. The number of thiophene rings is 1. The highest BCUT2D eigenvalue weighted by molar-refractivity contribution is 7.10. The molecule has 0 saturated carbocycles. The lowest BCUT2D eigenvalue weighted by Crippen LogP contribution is -2.38. The van der Waals surface area contributed by atoms with E-state index in [4.69, 9.17) is 0 Å². The van der Waals surface area contributed by atoms with E-state index in [0.717, 1.165) is 32.6 Å². The molecule has 0 spiro atoms. The summed E-state index contributed by atoms with van der Waals surface area (Å²) in [5.74, 6) is 0.248. The predicted molar refractivity (Wildman–Crippen MR) is 83.8 cm³/mol. The molecule has 1 N–H and O–H groups in total. The maximum Gasteiger partial charge on any atom is 0.241 e. The standard InChI is InChI=1S/C15H25N3OS/c1-4-12-15(19)18(10-9-17(5-2)6-3)14(16-12)13-8-7-11-20-13/h7-8,11-12,14,16H,4-6,9-10H2,1-3H3. The van der Waals surface area contributed by atoms with Crippen LogP contribution < -0.4 is 5.32 Å². The SMILES string of the molecule is CCC1NC(c2cccs2)N(CCN(CC)CC)C1=O. The van der Waals surface area contributed by atoms with Crippen molar-refractivity contribution in [2.75, 3.05) is 26.2 Å². The molecule has 1 aliphatic rings. The molecule has 0 bridgehead atoms. The fraction of sp³-hybridized carbons (Fsp3) is 0.667.